The second-order valence-electron chi connectivity index (χ2n) is 3.47. The molecule has 2 N–H and O–H groups in total. The summed E-state index contributed by atoms with van der Waals surface area (Å²) in [6.45, 7) is 2.10. The van der Waals surface area contributed by atoms with Crippen LogP contribution in [0.1, 0.15) is 32.6 Å². The number of ether oxygens (including phenoxy) is 1. The summed E-state index contributed by atoms with van der Waals surface area (Å²) in [4.78, 5) is 28.0. The average molecular weight is 250 g/mol. The SMILES string of the molecule is CC=CC(=O)OCCCCCCP(=O)(O)O. The lowest BCUT2D eigenvalue weighted by Gasteiger charge is -2.04. The highest BCUT2D eigenvalue weighted by Crippen LogP contribution is 2.35. The summed E-state index contributed by atoms with van der Waals surface area (Å²) in [6, 6.07) is 0. The van der Waals surface area contributed by atoms with Crippen LogP contribution in [0.25, 0.3) is 0 Å². The second-order valence-corrected chi connectivity index (χ2v) is 5.25. The van der Waals surface area contributed by atoms with Crippen molar-refractivity contribution in [2.24, 2.45) is 0 Å². The molecule has 0 saturated heterocycles. The van der Waals surface area contributed by atoms with Gasteiger partial charge in [0.05, 0.1) is 6.61 Å². The molecule has 5 nitrogen and oxygen atoms in total. The molecule has 0 atom stereocenters. The quantitative estimate of drug-likeness (QED) is 0.297. The Morgan fingerprint density at radius 3 is 2.44 bits per heavy atom. The molecule has 0 fully saturated rings. The number of allylic oxidation sites excluding steroid dienone is 1. The Hall–Kier alpha value is -0.640. The van der Waals surface area contributed by atoms with E-state index in [9.17, 15) is 9.36 Å². The number of hydrogen-bond acceptors (Lipinski definition) is 3. The van der Waals surface area contributed by atoms with Gasteiger partial charge in [0.2, 0.25) is 0 Å². The Morgan fingerprint density at radius 2 is 1.88 bits per heavy atom. The van der Waals surface area contributed by atoms with Gasteiger partial charge in [-0.05, 0) is 19.8 Å². The van der Waals surface area contributed by atoms with E-state index in [1.54, 1.807) is 13.0 Å². The molecule has 0 aromatic rings. The van der Waals surface area contributed by atoms with Crippen LogP contribution < -0.4 is 0 Å². The summed E-state index contributed by atoms with van der Waals surface area (Å²) in [5, 5.41) is 0. The molecule has 0 unspecified atom stereocenters. The number of hydrogen-bond donors (Lipinski definition) is 2. The Kier molecular flexibility index (Phi) is 8.16. The monoisotopic (exact) mass is 250 g/mol. The fraction of sp³-hybridized carbons (Fsp3) is 0.700. The van der Waals surface area contributed by atoms with E-state index in [4.69, 9.17) is 14.5 Å². The van der Waals surface area contributed by atoms with Crippen molar-refractivity contribution in [2.45, 2.75) is 32.6 Å². The molecule has 0 bridgehead atoms. The van der Waals surface area contributed by atoms with Gasteiger partial charge in [0.25, 0.3) is 0 Å². The smallest absolute Gasteiger partial charge is 0.330 e. The van der Waals surface area contributed by atoms with Gasteiger partial charge in [-0.25, -0.2) is 4.79 Å². The summed E-state index contributed by atoms with van der Waals surface area (Å²) < 4.78 is 15.3. The topological polar surface area (TPSA) is 83.8 Å². The van der Waals surface area contributed by atoms with E-state index >= 15 is 0 Å². The van der Waals surface area contributed by atoms with Gasteiger partial charge >= 0.3 is 13.6 Å². The molecule has 0 aromatic heterocycles. The van der Waals surface area contributed by atoms with Gasteiger partial charge in [-0.1, -0.05) is 18.9 Å². The molecule has 0 amide bonds. The molecule has 16 heavy (non-hydrogen) atoms. The summed E-state index contributed by atoms with van der Waals surface area (Å²) in [7, 11) is -3.84. The summed E-state index contributed by atoms with van der Waals surface area (Å²) in [5.74, 6) is -0.349. The highest BCUT2D eigenvalue weighted by Gasteiger charge is 2.10. The van der Waals surface area contributed by atoms with Crippen molar-refractivity contribution < 1.29 is 23.9 Å². The van der Waals surface area contributed by atoms with Crippen LogP contribution in [0.2, 0.25) is 0 Å². The zero-order valence-electron chi connectivity index (χ0n) is 9.46. The summed E-state index contributed by atoms with van der Waals surface area (Å²) >= 11 is 0. The molecular weight excluding hydrogens is 231 g/mol. The third-order valence-corrected chi connectivity index (χ3v) is 2.79. The van der Waals surface area contributed by atoms with Crippen molar-refractivity contribution in [3.63, 3.8) is 0 Å². The molecule has 0 saturated carbocycles. The third-order valence-electron chi connectivity index (χ3n) is 1.89. The molecule has 0 rings (SSSR count). The lowest BCUT2D eigenvalue weighted by atomic mass is 10.2. The van der Waals surface area contributed by atoms with Gasteiger partial charge in [-0.15, -0.1) is 0 Å². The van der Waals surface area contributed by atoms with E-state index in [-0.39, 0.29) is 12.1 Å². The van der Waals surface area contributed by atoms with Crippen molar-refractivity contribution in [3.8, 4) is 0 Å². The predicted molar refractivity (Wildman–Crippen MR) is 61.2 cm³/mol. The van der Waals surface area contributed by atoms with Gasteiger partial charge in [0, 0.05) is 12.2 Å². The average Bonchev–Trinajstić information content (AvgIpc) is 2.15. The van der Waals surface area contributed by atoms with E-state index in [2.05, 4.69) is 0 Å². The zero-order chi connectivity index (χ0) is 12.4. The normalized spacial score (nSPS) is 11.9. The molecule has 0 aliphatic carbocycles. The first-order valence-corrected chi connectivity index (χ1v) is 7.09. The highest BCUT2D eigenvalue weighted by atomic mass is 31.2. The minimum absolute atomic E-state index is 0.0641. The first-order valence-electron chi connectivity index (χ1n) is 5.30. The van der Waals surface area contributed by atoms with E-state index in [0.717, 1.165) is 19.3 Å². The lowest BCUT2D eigenvalue weighted by Crippen LogP contribution is -2.02. The molecule has 0 heterocycles. The van der Waals surface area contributed by atoms with Crippen molar-refractivity contribution >= 4 is 13.6 Å². The standard InChI is InChI=1S/C10H19O5P/c1-2-7-10(11)15-8-5-3-4-6-9-16(12,13)14/h2,7H,3-6,8-9H2,1H3,(H2,12,13,14). The minimum Gasteiger partial charge on any atom is -0.463 e. The van der Waals surface area contributed by atoms with Crippen LogP contribution in [0.5, 0.6) is 0 Å². The molecule has 0 spiro atoms. The van der Waals surface area contributed by atoms with Crippen molar-refractivity contribution in [2.75, 3.05) is 12.8 Å². The van der Waals surface area contributed by atoms with E-state index in [0.29, 0.717) is 13.0 Å². The Balaban J connectivity index is 3.28. The largest absolute Gasteiger partial charge is 0.463 e. The minimum atomic E-state index is -3.84. The van der Waals surface area contributed by atoms with Crippen LogP contribution in [0.15, 0.2) is 12.2 Å². The van der Waals surface area contributed by atoms with Gasteiger partial charge in [-0.3, -0.25) is 4.57 Å². The first kappa shape index (κ1) is 15.4. The van der Waals surface area contributed by atoms with Crippen molar-refractivity contribution in [1.82, 2.24) is 0 Å². The Labute approximate surface area is 95.7 Å². The van der Waals surface area contributed by atoms with E-state index in [1.165, 1.54) is 6.08 Å². The van der Waals surface area contributed by atoms with Crippen LogP contribution in [-0.4, -0.2) is 28.5 Å². The lowest BCUT2D eigenvalue weighted by molar-refractivity contribution is -0.137. The number of carbonyl (C=O) groups is 1. The van der Waals surface area contributed by atoms with Gasteiger partial charge in [0.15, 0.2) is 0 Å². The van der Waals surface area contributed by atoms with Crippen LogP contribution in [0.4, 0.5) is 0 Å². The van der Waals surface area contributed by atoms with Gasteiger partial charge < -0.3 is 14.5 Å². The van der Waals surface area contributed by atoms with Crippen molar-refractivity contribution in [3.05, 3.63) is 12.2 Å². The number of unbranched alkanes of at least 4 members (excludes halogenated alkanes) is 3. The molecular formula is C10H19O5P. The maximum absolute atomic E-state index is 10.9. The van der Waals surface area contributed by atoms with Crippen LogP contribution in [0.3, 0.4) is 0 Å². The highest BCUT2D eigenvalue weighted by molar-refractivity contribution is 7.51. The zero-order valence-corrected chi connectivity index (χ0v) is 10.4. The maximum atomic E-state index is 10.9. The first-order chi connectivity index (χ1) is 7.45. The van der Waals surface area contributed by atoms with Crippen LogP contribution >= 0.6 is 7.60 Å². The number of carbonyl (C=O) groups excluding carboxylic acids is 1. The summed E-state index contributed by atoms with van der Waals surface area (Å²) in [5.41, 5.74) is 0. The number of esters is 1. The van der Waals surface area contributed by atoms with Crippen LogP contribution in [0, 0.1) is 0 Å². The molecule has 0 aromatic carbocycles. The molecule has 94 valence electrons. The summed E-state index contributed by atoms with van der Waals surface area (Å²) in [6.07, 6.45) is 5.69. The van der Waals surface area contributed by atoms with Gasteiger partial charge in [0.1, 0.15) is 0 Å². The van der Waals surface area contributed by atoms with Crippen LogP contribution in [-0.2, 0) is 14.1 Å². The second kappa shape index (κ2) is 8.50. The van der Waals surface area contributed by atoms with E-state index < -0.39 is 7.60 Å². The predicted octanol–water partition coefficient (Wildman–Crippen LogP) is 1.84. The fourth-order valence-electron chi connectivity index (χ4n) is 1.13. The molecule has 0 aliphatic heterocycles. The Bertz CT molecular complexity index is 268. The third kappa shape index (κ3) is 11.4. The van der Waals surface area contributed by atoms with Crippen molar-refractivity contribution in [1.29, 1.82) is 0 Å². The van der Waals surface area contributed by atoms with Gasteiger partial charge in [-0.2, -0.15) is 0 Å². The fourth-order valence-corrected chi connectivity index (χ4v) is 1.77. The molecule has 0 radical (unpaired) electrons. The Morgan fingerprint density at radius 1 is 1.25 bits per heavy atom. The van der Waals surface area contributed by atoms with E-state index in [1.807, 2.05) is 0 Å². The maximum Gasteiger partial charge on any atom is 0.330 e. The molecule has 0 aliphatic rings. The number of rotatable bonds is 8. The molecule has 6 heteroatoms.